The van der Waals surface area contributed by atoms with E-state index in [0.29, 0.717) is 17.9 Å². The van der Waals surface area contributed by atoms with Gasteiger partial charge in [0.2, 0.25) is 0 Å². The Labute approximate surface area is 136 Å². The van der Waals surface area contributed by atoms with Crippen LogP contribution in [-0.2, 0) is 9.53 Å². The highest BCUT2D eigenvalue weighted by molar-refractivity contribution is 5.94. The van der Waals surface area contributed by atoms with Gasteiger partial charge in [-0.1, -0.05) is 0 Å². The molecule has 1 aromatic carbocycles. The summed E-state index contributed by atoms with van der Waals surface area (Å²) in [7, 11) is 0. The number of benzene rings is 1. The van der Waals surface area contributed by atoms with Gasteiger partial charge < -0.3 is 14.8 Å². The average molecular weight is 320 g/mol. The highest BCUT2D eigenvalue weighted by atomic mass is 16.5. The number of hydrogen-bond donors (Lipinski definition) is 1. The van der Waals surface area contributed by atoms with Crippen LogP contribution in [0.2, 0.25) is 0 Å². The van der Waals surface area contributed by atoms with E-state index in [2.05, 4.69) is 10.2 Å². The van der Waals surface area contributed by atoms with Gasteiger partial charge in [-0.15, -0.1) is 0 Å². The third-order valence-corrected chi connectivity index (χ3v) is 3.71. The number of nitrogens with zero attached hydrogens (tertiary/aromatic N) is 1. The minimum absolute atomic E-state index is 0.00885. The van der Waals surface area contributed by atoms with Gasteiger partial charge in [-0.3, -0.25) is 14.5 Å². The van der Waals surface area contributed by atoms with Crippen molar-refractivity contribution in [1.82, 2.24) is 10.2 Å². The van der Waals surface area contributed by atoms with Crippen molar-refractivity contribution in [2.45, 2.75) is 13.3 Å². The van der Waals surface area contributed by atoms with Crippen LogP contribution in [0.5, 0.6) is 5.75 Å². The van der Waals surface area contributed by atoms with Crippen LogP contribution < -0.4 is 10.1 Å². The lowest BCUT2D eigenvalue weighted by Crippen LogP contribution is -2.38. The molecule has 2 rings (SSSR count). The lowest BCUT2D eigenvalue weighted by Gasteiger charge is -2.26. The number of carbonyl (C=O) groups excluding carboxylic acids is 2. The highest BCUT2D eigenvalue weighted by Gasteiger charge is 2.09. The Balaban J connectivity index is 1.58. The summed E-state index contributed by atoms with van der Waals surface area (Å²) < 4.78 is 10.7. The van der Waals surface area contributed by atoms with Crippen molar-refractivity contribution in [3.05, 3.63) is 29.8 Å². The fraction of sp³-hybridized carbons (Fsp3) is 0.529. The van der Waals surface area contributed by atoms with Crippen LogP contribution in [0, 0.1) is 0 Å². The summed E-state index contributed by atoms with van der Waals surface area (Å²) >= 11 is 0. The van der Waals surface area contributed by atoms with E-state index in [-0.39, 0.29) is 18.3 Å². The molecule has 1 N–H and O–H groups in total. The number of morpholine rings is 1. The van der Waals surface area contributed by atoms with Gasteiger partial charge in [0.15, 0.2) is 12.4 Å². The highest BCUT2D eigenvalue weighted by Crippen LogP contribution is 2.12. The molecule has 23 heavy (non-hydrogen) atoms. The zero-order chi connectivity index (χ0) is 16.5. The number of hydrogen-bond acceptors (Lipinski definition) is 5. The monoisotopic (exact) mass is 320 g/mol. The van der Waals surface area contributed by atoms with Gasteiger partial charge in [-0.25, -0.2) is 0 Å². The number of amides is 1. The number of ether oxygens (including phenoxy) is 2. The molecular weight excluding hydrogens is 296 g/mol. The molecule has 1 amide bonds. The van der Waals surface area contributed by atoms with E-state index in [0.717, 1.165) is 39.3 Å². The Morgan fingerprint density at radius 3 is 2.57 bits per heavy atom. The topological polar surface area (TPSA) is 67.9 Å². The van der Waals surface area contributed by atoms with Gasteiger partial charge >= 0.3 is 0 Å². The Hall–Kier alpha value is -1.92. The average Bonchev–Trinajstić information content (AvgIpc) is 2.58. The zero-order valence-electron chi connectivity index (χ0n) is 13.5. The van der Waals surface area contributed by atoms with Crippen molar-refractivity contribution >= 4 is 11.7 Å². The van der Waals surface area contributed by atoms with Crippen molar-refractivity contribution in [2.75, 3.05) is 46.0 Å². The standard InChI is InChI=1S/C17H24N2O4/c1-14(20)15-3-5-16(6-4-15)23-13-17(21)18-7-2-8-19-9-11-22-12-10-19/h3-6H,2,7-13H2,1H3,(H,18,21). The maximum absolute atomic E-state index is 11.7. The number of ketones is 1. The van der Waals surface area contributed by atoms with E-state index in [1.807, 2.05) is 0 Å². The molecule has 1 heterocycles. The summed E-state index contributed by atoms with van der Waals surface area (Å²) in [6.07, 6.45) is 0.916. The molecule has 0 aliphatic carbocycles. The molecule has 1 saturated heterocycles. The van der Waals surface area contributed by atoms with Crippen LogP contribution in [-0.4, -0.2) is 62.6 Å². The molecule has 0 aromatic heterocycles. The van der Waals surface area contributed by atoms with E-state index in [9.17, 15) is 9.59 Å². The maximum atomic E-state index is 11.7. The largest absolute Gasteiger partial charge is 0.484 e. The van der Waals surface area contributed by atoms with Gasteiger partial charge in [-0.05, 0) is 44.2 Å². The van der Waals surface area contributed by atoms with Crippen LogP contribution in [0.25, 0.3) is 0 Å². The maximum Gasteiger partial charge on any atom is 0.257 e. The molecule has 0 spiro atoms. The Morgan fingerprint density at radius 2 is 1.91 bits per heavy atom. The van der Waals surface area contributed by atoms with E-state index >= 15 is 0 Å². The minimum Gasteiger partial charge on any atom is -0.484 e. The predicted molar refractivity (Wildman–Crippen MR) is 86.8 cm³/mol. The molecule has 0 unspecified atom stereocenters. The van der Waals surface area contributed by atoms with Gasteiger partial charge in [0.25, 0.3) is 5.91 Å². The molecule has 0 bridgehead atoms. The Morgan fingerprint density at radius 1 is 1.22 bits per heavy atom. The third kappa shape index (κ3) is 6.38. The first-order valence-electron chi connectivity index (χ1n) is 7.96. The van der Waals surface area contributed by atoms with Gasteiger partial charge in [0, 0.05) is 25.2 Å². The van der Waals surface area contributed by atoms with Crippen molar-refractivity contribution in [3.8, 4) is 5.75 Å². The molecule has 1 aliphatic rings. The molecule has 1 fully saturated rings. The molecule has 6 heteroatoms. The second-order valence-corrected chi connectivity index (χ2v) is 5.53. The van der Waals surface area contributed by atoms with Crippen molar-refractivity contribution in [3.63, 3.8) is 0 Å². The van der Waals surface area contributed by atoms with E-state index in [1.165, 1.54) is 6.92 Å². The molecule has 1 aromatic rings. The van der Waals surface area contributed by atoms with Crippen LogP contribution in [0.4, 0.5) is 0 Å². The molecular formula is C17H24N2O4. The van der Waals surface area contributed by atoms with Crippen LogP contribution in [0.3, 0.4) is 0 Å². The molecule has 0 atom stereocenters. The summed E-state index contributed by atoms with van der Waals surface area (Å²) in [5.41, 5.74) is 0.630. The number of Topliss-reactive ketones (excluding diaryl/α,β-unsaturated/α-hetero) is 1. The quantitative estimate of drug-likeness (QED) is 0.574. The van der Waals surface area contributed by atoms with E-state index in [4.69, 9.17) is 9.47 Å². The van der Waals surface area contributed by atoms with Crippen LogP contribution in [0.1, 0.15) is 23.7 Å². The smallest absolute Gasteiger partial charge is 0.257 e. The first-order valence-corrected chi connectivity index (χ1v) is 7.96. The summed E-state index contributed by atoms with van der Waals surface area (Å²) in [5, 5.41) is 2.85. The molecule has 1 aliphatic heterocycles. The Bertz CT molecular complexity index is 510. The van der Waals surface area contributed by atoms with E-state index in [1.54, 1.807) is 24.3 Å². The van der Waals surface area contributed by atoms with Crippen molar-refractivity contribution in [2.24, 2.45) is 0 Å². The molecule has 0 radical (unpaired) electrons. The summed E-state index contributed by atoms with van der Waals surface area (Å²) in [6, 6.07) is 6.78. The number of nitrogens with one attached hydrogen (secondary N) is 1. The summed E-state index contributed by atoms with van der Waals surface area (Å²) in [4.78, 5) is 25.2. The summed E-state index contributed by atoms with van der Waals surface area (Å²) in [5.74, 6) is 0.454. The first-order chi connectivity index (χ1) is 11.1. The second kappa shape index (κ2) is 9.27. The summed E-state index contributed by atoms with van der Waals surface area (Å²) in [6.45, 7) is 6.63. The van der Waals surface area contributed by atoms with Crippen molar-refractivity contribution < 1.29 is 19.1 Å². The molecule has 0 saturated carbocycles. The van der Waals surface area contributed by atoms with Gasteiger partial charge in [0.1, 0.15) is 5.75 Å². The number of carbonyl (C=O) groups is 2. The fourth-order valence-electron chi connectivity index (χ4n) is 2.34. The Kier molecular flexibility index (Phi) is 7.03. The van der Waals surface area contributed by atoms with Gasteiger partial charge in [-0.2, -0.15) is 0 Å². The zero-order valence-corrected chi connectivity index (χ0v) is 13.5. The SMILES string of the molecule is CC(=O)c1ccc(OCC(=O)NCCCN2CCOCC2)cc1. The number of rotatable bonds is 8. The predicted octanol–water partition coefficient (Wildman–Crippen LogP) is 1.11. The van der Waals surface area contributed by atoms with E-state index < -0.39 is 0 Å². The van der Waals surface area contributed by atoms with Gasteiger partial charge in [0.05, 0.1) is 13.2 Å². The third-order valence-electron chi connectivity index (χ3n) is 3.71. The first kappa shape index (κ1) is 17.4. The van der Waals surface area contributed by atoms with Crippen LogP contribution in [0.15, 0.2) is 24.3 Å². The second-order valence-electron chi connectivity index (χ2n) is 5.53. The molecule has 6 nitrogen and oxygen atoms in total. The lowest BCUT2D eigenvalue weighted by molar-refractivity contribution is -0.123. The normalized spacial score (nSPS) is 15.2. The van der Waals surface area contributed by atoms with Crippen LogP contribution >= 0.6 is 0 Å². The van der Waals surface area contributed by atoms with Crippen molar-refractivity contribution in [1.29, 1.82) is 0 Å². The molecule has 126 valence electrons. The minimum atomic E-state index is -0.136. The fourth-order valence-corrected chi connectivity index (χ4v) is 2.34. The lowest BCUT2D eigenvalue weighted by atomic mass is 10.1.